The molecule has 0 amide bonds. The van der Waals surface area contributed by atoms with E-state index in [0.29, 0.717) is 6.54 Å². The van der Waals surface area contributed by atoms with Gasteiger partial charge in [0, 0.05) is 12.1 Å². The quantitative estimate of drug-likeness (QED) is 0.639. The fourth-order valence-electron chi connectivity index (χ4n) is 1.57. The van der Waals surface area contributed by atoms with Gasteiger partial charge in [-0.15, -0.1) is 0 Å². The summed E-state index contributed by atoms with van der Waals surface area (Å²) >= 11 is 0. The molecule has 0 spiro atoms. The Morgan fingerprint density at radius 2 is 1.81 bits per heavy atom. The van der Waals surface area contributed by atoms with Gasteiger partial charge in [-0.3, -0.25) is 0 Å². The lowest BCUT2D eigenvalue weighted by Crippen LogP contribution is -2.50. The fraction of sp³-hybridized carbons (Fsp3) is 1.00. The summed E-state index contributed by atoms with van der Waals surface area (Å²) in [5.41, 5.74) is -0.425. The summed E-state index contributed by atoms with van der Waals surface area (Å²) in [7, 11) is -3.13. The third-order valence-corrected chi connectivity index (χ3v) is 3.09. The van der Waals surface area contributed by atoms with E-state index in [2.05, 4.69) is 23.9 Å². The zero-order chi connectivity index (χ0) is 12.8. The van der Waals surface area contributed by atoms with E-state index < -0.39 is 15.6 Å². The summed E-state index contributed by atoms with van der Waals surface area (Å²) < 4.78 is 24.8. The number of hydrogen-bond donors (Lipinski definition) is 2. The van der Waals surface area contributed by atoms with Crippen LogP contribution < -0.4 is 10.0 Å². The molecule has 16 heavy (non-hydrogen) atoms. The molecule has 4 nitrogen and oxygen atoms in total. The minimum Gasteiger partial charge on any atom is -0.315 e. The first-order chi connectivity index (χ1) is 7.12. The van der Waals surface area contributed by atoms with Crippen LogP contribution in [0.2, 0.25) is 0 Å². The first-order valence-corrected chi connectivity index (χ1v) is 7.71. The fourth-order valence-corrected chi connectivity index (χ4v) is 2.65. The Kier molecular flexibility index (Phi) is 6.51. The summed E-state index contributed by atoms with van der Waals surface area (Å²) in [6.45, 7) is 9.75. The maximum atomic E-state index is 11.1. The summed E-state index contributed by atoms with van der Waals surface area (Å²) in [6, 6.07) is 0. The van der Waals surface area contributed by atoms with Gasteiger partial charge in [0.05, 0.1) is 6.26 Å². The molecule has 0 atom stereocenters. The topological polar surface area (TPSA) is 58.2 Å². The zero-order valence-electron chi connectivity index (χ0n) is 11.1. The van der Waals surface area contributed by atoms with Gasteiger partial charge in [-0.1, -0.05) is 13.8 Å². The molecule has 2 N–H and O–H groups in total. The Morgan fingerprint density at radius 1 is 1.25 bits per heavy atom. The lowest BCUT2D eigenvalue weighted by atomic mass is 10.1. The molecule has 0 heterocycles. The molecular weight excluding hydrogens is 224 g/mol. The predicted molar refractivity (Wildman–Crippen MR) is 69.0 cm³/mol. The smallest absolute Gasteiger partial charge is 0.209 e. The number of nitrogens with one attached hydrogen (secondary N) is 2. The third kappa shape index (κ3) is 10.4. The molecule has 0 aromatic carbocycles. The van der Waals surface area contributed by atoms with Gasteiger partial charge in [-0.25, -0.2) is 13.1 Å². The summed E-state index contributed by atoms with van der Waals surface area (Å²) in [6.07, 6.45) is 3.52. The van der Waals surface area contributed by atoms with E-state index in [1.54, 1.807) is 0 Å². The van der Waals surface area contributed by atoms with Gasteiger partial charge in [0.2, 0.25) is 10.0 Å². The van der Waals surface area contributed by atoms with Crippen LogP contribution in [-0.4, -0.2) is 33.3 Å². The third-order valence-electron chi connectivity index (χ3n) is 2.16. The Balaban J connectivity index is 3.75. The van der Waals surface area contributed by atoms with Crippen molar-refractivity contribution in [1.29, 1.82) is 0 Å². The second kappa shape index (κ2) is 6.57. The van der Waals surface area contributed by atoms with Gasteiger partial charge < -0.3 is 5.32 Å². The first kappa shape index (κ1) is 15.9. The Hall–Kier alpha value is -0.130. The highest BCUT2D eigenvalue weighted by Crippen LogP contribution is 2.04. The molecule has 5 heteroatoms. The molecule has 0 aliphatic carbocycles. The summed E-state index contributed by atoms with van der Waals surface area (Å²) in [5, 5.41) is 3.28. The molecule has 0 rings (SSSR count). The molecule has 0 aliphatic rings. The Bertz CT molecular complexity index is 284. The minimum absolute atomic E-state index is 0.425. The van der Waals surface area contributed by atoms with Gasteiger partial charge in [0.15, 0.2) is 0 Å². The van der Waals surface area contributed by atoms with Gasteiger partial charge in [-0.05, 0) is 39.2 Å². The molecule has 0 aliphatic heterocycles. The van der Waals surface area contributed by atoms with Crippen molar-refractivity contribution in [2.75, 3.05) is 19.3 Å². The molecule has 98 valence electrons. The number of hydrogen-bond acceptors (Lipinski definition) is 3. The molecule has 0 aromatic heterocycles. The van der Waals surface area contributed by atoms with E-state index in [1.807, 2.05) is 13.8 Å². The van der Waals surface area contributed by atoms with E-state index in [1.165, 1.54) is 12.7 Å². The maximum Gasteiger partial charge on any atom is 0.209 e. The van der Waals surface area contributed by atoms with Crippen molar-refractivity contribution in [2.45, 2.75) is 46.1 Å². The van der Waals surface area contributed by atoms with Crippen LogP contribution >= 0.6 is 0 Å². The second-order valence-corrected chi connectivity index (χ2v) is 7.22. The van der Waals surface area contributed by atoms with Crippen LogP contribution in [0.15, 0.2) is 0 Å². The van der Waals surface area contributed by atoms with Gasteiger partial charge in [-0.2, -0.15) is 0 Å². The van der Waals surface area contributed by atoms with Crippen LogP contribution in [0.3, 0.4) is 0 Å². The molecule has 0 unspecified atom stereocenters. The van der Waals surface area contributed by atoms with E-state index in [0.717, 1.165) is 18.9 Å². The minimum atomic E-state index is -3.13. The van der Waals surface area contributed by atoms with Crippen LogP contribution in [0.4, 0.5) is 0 Å². The van der Waals surface area contributed by atoms with Crippen LogP contribution in [0.25, 0.3) is 0 Å². The highest BCUT2D eigenvalue weighted by Gasteiger charge is 2.21. The highest BCUT2D eigenvalue weighted by molar-refractivity contribution is 7.88. The van der Waals surface area contributed by atoms with E-state index in [4.69, 9.17) is 0 Å². The van der Waals surface area contributed by atoms with Crippen LogP contribution in [-0.2, 0) is 10.0 Å². The van der Waals surface area contributed by atoms with E-state index in [-0.39, 0.29) is 0 Å². The zero-order valence-corrected chi connectivity index (χ0v) is 11.9. The van der Waals surface area contributed by atoms with E-state index >= 15 is 0 Å². The molecule has 0 aromatic rings. The van der Waals surface area contributed by atoms with Crippen LogP contribution in [0.5, 0.6) is 0 Å². The number of rotatable bonds is 8. The average molecular weight is 250 g/mol. The van der Waals surface area contributed by atoms with Crippen LogP contribution in [0, 0.1) is 5.92 Å². The summed E-state index contributed by atoms with van der Waals surface area (Å²) in [5.74, 6) is 0.726. The van der Waals surface area contributed by atoms with Crippen molar-refractivity contribution < 1.29 is 8.42 Å². The summed E-state index contributed by atoms with van der Waals surface area (Å²) in [4.78, 5) is 0. The van der Waals surface area contributed by atoms with Crippen molar-refractivity contribution >= 4 is 10.0 Å². The van der Waals surface area contributed by atoms with Crippen molar-refractivity contribution in [1.82, 2.24) is 10.0 Å². The predicted octanol–water partition coefficient (Wildman–Crippen LogP) is 1.34. The van der Waals surface area contributed by atoms with E-state index in [9.17, 15) is 8.42 Å². The Morgan fingerprint density at radius 3 is 2.25 bits per heavy atom. The highest BCUT2D eigenvalue weighted by atomic mass is 32.2. The normalized spacial score (nSPS) is 13.4. The van der Waals surface area contributed by atoms with Crippen molar-refractivity contribution in [2.24, 2.45) is 5.92 Å². The monoisotopic (exact) mass is 250 g/mol. The lowest BCUT2D eigenvalue weighted by molar-refractivity contribution is 0.413. The molecule has 0 saturated carbocycles. The first-order valence-electron chi connectivity index (χ1n) is 5.82. The average Bonchev–Trinajstić information content (AvgIpc) is 1.97. The molecule has 0 saturated heterocycles. The van der Waals surface area contributed by atoms with Crippen molar-refractivity contribution in [3.05, 3.63) is 0 Å². The number of sulfonamides is 1. The maximum absolute atomic E-state index is 11.1. The Labute approximate surface area is 100 Å². The standard InChI is InChI=1S/C11H26N2O2S/c1-10(2)7-6-8-12-9-11(3,4)13-16(5,14)15/h10,12-13H,6-9H2,1-5H3. The molecule has 0 bridgehead atoms. The lowest BCUT2D eigenvalue weighted by Gasteiger charge is -2.25. The van der Waals surface area contributed by atoms with Crippen LogP contribution in [0.1, 0.15) is 40.5 Å². The van der Waals surface area contributed by atoms with Gasteiger partial charge in [0.1, 0.15) is 0 Å². The SMILES string of the molecule is CC(C)CCCNCC(C)(C)NS(C)(=O)=O. The molecule has 0 radical (unpaired) electrons. The second-order valence-electron chi connectivity index (χ2n) is 5.47. The largest absolute Gasteiger partial charge is 0.315 e. The van der Waals surface area contributed by atoms with Gasteiger partial charge in [0.25, 0.3) is 0 Å². The molecular formula is C11H26N2O2S. The molecule has 0 fully saturated rings. The van der Waals surface area contributed by atoms with Crippen molar-refractivity contribution in [3.8, 4) is 0 Å². The van der Waals surface area contributed by atoms with Crippen molar-refractivity contribution in [3.63, 3.8) is 0 Å². The van der Waals surface area contributed by atoms with Gasteiger partial charge >= 0.3 is 0 Å².